The van der Waals surface area contributed by atoms with E-state index in [1.54, 1.807) is 114 Å². The topological polar surface area (TPSA) is 609 Å². The summed E-state index contributed by atoms with van der Waals surface area (Å²) in [4.78, 5) is 196. The number of aromatic carboxylic acids is 1. The van der Waals surface area contributed by atoms with E-state index in [1.165, 1.54) is 71.0 Å². The van der Waals surface area contributed by atoms with Crippen LogP contribution in [0.15, 0.2) is 80.0 Å². The third-order valence-corrected chi connectivity index (χ3v) is 30.1. The number of pyridine rings is 2. The van der Waals surface area contributed by atoms with Crippen molar-refractivity contribution in [2.75, 3.05) is 19.6 Å². The summed E-state index contributed by atoms with van der Waals surface area (Å²) in [6, 6.07) is 0.647. The van der Waals surface area contributed by atoms with Crippen LogP contribution in [0.25, 0.3) is 11.3 Å². The molecule has 9 atom stereocenters. The molecule has 3 saturated heterocycles. The van der Waals surface area contributed by atoms with E-state index in [0.29, 0.717) is 117 Å². The standard InChI is InChI=1S/C35H47N9O6.C28H44N6O5.C27H43N7O5.C8H6N2O2/c1-34(2,50)27-19-38-41-44(27)24-18-26(32(48)40-35(29(45)30(36)46)13-7-4-8-14-35)43(21-24)33(49)25(17-22-9-5-3-6-10-22)39-31(47)23-11-12-28-37-15-16-42(28)20-23;1-18(14-19-10-6-4-7-11-19)26(38)33-17-20(34-22(16-30-32-34)27(2,3)39)15-21(33)25(37)31-28(23(35)24(29)36)12-8-5-9-13-28;1-26(2,39)21-15-30-32-34(21)18-14-20(24(37)31-27(22(35)23(29)36)11-7-4-8-12-27)33(16-18)25(38)19(28)13-17-9-5-3-6-10-17;11-8(12)6-1-2-7-9-3-4-10(7)5-6/h11-12,15-16,19-20,22,24-26,50H,3-10,13-14,17-18,21H2,1-2H3,(H2,36,46)(H,39,47)(H,40,48);16,18-21,39H,4-15,17H2,1-3H3,(H2,29,36)(H,31,37);15,17-20,39H,3-14,16,28H2,1-2H3,(H2,29,36)(H,31,37);1-5H,(H,11,12)/t24-,25+,26-;18-,20+,21+;18-,19+,20-;/m010./s1. The van der Waals surface area contributed by atoms with Crippen molar-refractivity contribution in [1.29, 1.82) is 0 Å². The van der Waals surface area contributed by atoms with E-state index in [0.717, 1.165) is 102 Å². The molecule has 0 spiro atoms. The largest absolute Gasteiger partial charge is 0.478 e. The minimum absolute atomic E-state index is 0.0398. The molecule has 10 heterocycles. The quantitative estimate of drug-likeness (QED) is 0.0233. The van der Waals surface area contributed by atoms with E-state index in [9.17, 15) is 82.4 Å². The molecule has 9 fully saturated rings. The lowest BCUT2D eigenvalue weighted by Crippen LogP contribution is -2.62. The highest BCUT2D eigenvalue weighted by Crippen LogP contribution is 2.42. The van der Waals surface area contributed by atoms with Crippen molar-refractivity contribution in [3.05, 3.63) is 108 Å². The number of nitrogens with two attached hydrogens (primary N) is 4. The fraction of sp³-hybridized carbons (Fsp3) is 0.653. The summed E-state index contributed by atoms with van der Waals surface area (Å²) in [6.45, 7) is 12.1. The molecule has 42 heteroatoms. The van der Waals surface area contributed by atoms with Crippen LogP contribution in [0.2, 0.25) is 0 Å². The molecule has 6 aliphatic carbocycles. The number of fused-ring (bicyclic) bond motifs is 2. The van der Waals surface area contributed by atoms with Gasteiger partial charge in [0.15, 0.2) is 0 Å². The number of nitrogens with zero attached hydrogens (tertiary/aromatic N) is 16. The molecule has 42 nitrogen and oxygen atoms in total. The molecular formula is C98H140N24O18. The summed E-state index contributed by atoms with van der Waals surface area (Å²) in [5.41, 5.74) is 18.1. The number of nitrogens with one attached hydrogen (secondary N) is 4. The maximum atomic E-state index is 14.8. The Morgan fingerprint density at radius 2 is 0.736 bits per heavy atom. The van der Waals surface area contributed by atoms with Crippen LogP contribution in [-0.4, -0.2) is 248 Å². The van der Waals surface area contributed by atoms with E-state index < -0.39 is 146 Å². The van der Waals surface area contributed by atoms with Crippen LogP contribution in [0.1, 0.15) is 336 Å². The highest BCUT2D eigenvalue weighted by atomic mass is 16.4. The van der Waals surface area contributed by atoms with Crippen molar-refractivity contribution in [1.82, 2.24) is 99.7 Å². The van der Waals surface area contributed by atoms with Crippen LogP contribution in [-0.2, 0) is 74.3 Å². The zero-order valence-electron chi connectivity index (χ0n) is 81.5. The van der Waals surface area contributed by atoms with Crippen molar-refractivity contribution in [3.8, 4) is 0 Å². The smallest absolute Gasteiger partial charge is 0.337 e. The van der Waals surface area contributed by atoms with Gasteiger partial charge in [0, 0.05) is 82.0 Å². The number of carbonyl (C=O) groups is 14. The van der Waals surface area contributed by atoms with Gasteiger partial charge in [-0.25, -0.2) is 28.8 Å². The summed E-state index contributed by atoms with van der Waals surface area (Å²) in [6.07, 6.45) is 41.5. The van der Waals surface area contributed by atoms with Crippen LogP contribution < -0.4 is 44.2 Å². The number of imidazole rings is 2. The van der Waals surface area contributed by atoms with Crippen molar-refractivity contribution in [3.63, 3.8) is 0 Å². The summed E-state index contributed by atoms with van der Waals surface area (Å²) in [7, 11) is 0. The number of amides is 10. The predicted molar refractivity (Wildman–Crippen MR) is 507 cm³/mol. The second-order valence-corrected chi connectivity index (χ2v) is 41.8. The second-order valence-electron chi connectivity index (χ2n) is 41.8. The van der Waals surface area contributed by atoms with E-state index >= 15 is 0 Å². The number of aliphatic hydroxyl groups is 3. The van der Waals surface area contributed by atoms with Gasteiger partial charge in [-0.15, -0.1) is 15.3 Å². The number of ketones is 3. The molecule has 140 heavy (non-hydrogen) atoms. The predicted octanol–water partition coefficient (Wildman–Crippen LogP) is 5.92. The van der Waals surface area contributed by atoms with Crippen molar-refractivity contribution in [2.45, 2.75) is 361 Å². The van der Waals surface area contributed by atoms with Gasteiger partial charge in [-0.2, -0.15) is 0 Å². The molecule has 7 aromatic rings. The number of likely N-dealkylation sites (tertiary alicyclic amines) is 3. The Balaban J connectivity index is 0.000000168. The van der Waals surface area contributed by atoms with E-state index in [4.69, 9.17) is 28.0 Å². The number of carbonyl (C=O) groups excluding carboxylic acids is 13. The molecule has 7 aromatic heterocycles. The molecular weight excluding hydrogens is 1800 g/mol. The summed E-state index contributed by atoms with van der Waals surface area (Å²) >= 11 is 0. The SMILES string of the molecule is CC(C)(O)c1cnnn1[C@H]1C[C@@H](C(=O)NC2(C(=O)C(N)=O)CCCCC2)N(C(=O)[C@@H](CC2CCCCC2)NC(=O)c2ccc3nccn3c2)C1.CC(C)(O)c1cnnn1[C@H]1C[C@@H](C(=O)NC2(C(=O)C(N)=O)CCCCC2)N(C(=O)[C@H](N)CC2CCCCC2)C1.C[C@H](CC1CCCCC1)C(=O)N1C[C@@H](n2nncc2C(C)(C)O)C[C@H]1C(=O)NC1(C(=O)C(N)=O)CCCCC1.O=C(O)c1ccc2nccn2c1. The first-order valence-corrected chi connectivity index (χ1v) is 49.9. The van der Waals surface area contributed by atoms with Gasteiger partial charge in [0.05, 0.1) is 71.0 Å². The zero-order chi connectivity index (χ0) is 101. The zero-order valence-corrected chi connectivity index (χ0v) is 81.5. The number of aromatic nitrogens is 13. The van der Waals surface area contributed by atoms with Gasteiger partial charge < -0.3 is 88.1 Å². The first-order chi connectivity index (χ1) is 66.5. The third-order valence-electron chi connectivity index (χ3n) is 30.1. The van der Waals surface area contributed by atoms with Crippen LogP contribution >= 0.6 is 0 Å². The molecule has 10 amide bonds. The van der Waals surface area contributed by atoms with Gasteiger partial charge >= 0.3 is 5.97 Å². The third kappa shape index (κ3) is 24.9. The number of Topliss-reactive ketones (excluding diaryl/α,β-unsaturated/α-hetero) is 3. The Hall–Kier alpha value is -12.2. The van der Waals surface area contributed by atoms with Crippen LogP contribution in [0.5, 0.6) is 0 Å². The molecule has 0 unspecified atom stereocenters. The van der Waals surface area contributed by atoms with Gasteiger partial charge in [0.25, 0.3) is 23.6 Å². The lowest BCUT2D eigenvalue weighted by molar-refractivity contribution is -0.146. The highest BCUT2D eigenvalue weighted by Gasteiger charge is 2.54. The number of hydrogen-bond donors (Lipinski definition) is 12. The number of carboxylic acid groups (broad SMARTS) is 1. The van der Waals surface area contributed by atoms with E-state index in [1.807, 2.05) is 6.92 Å². The Morgan fingerprint density at radius 1 is 0.421 bits per heavy atom. The second kappa shape index (κ2) is 45.2. The number of carboxylic acids is 1. The molecule has 0 bridgehead atoms. The summed E-state index contributed by atoms with van der Waals surface area (Å²) in [5, 5.41) is 77.0. The van der Waals surface area contributed by atoms with Crippen molar-refractivity contribution >= 4 is 93.7 Å². The normalized spacial score (nSPS) is 22.5. The Labute approximate surface area is 812 Å². The Kier molecular flexibility index (Phi) is 33.9. The lowest BCUT2D eigenvalue weighted by atomic mass is 9.78. The molecule has 9 aliphatic rings. The molecule has 6 saturated carbocycles. The molecule has 3 aliphatic heterocycles. The maximum absolute atomic E-state index is 14.8. The average Bonchev–Trinajstić information content (AvgIpc) is 1.61. The summed E-state index contributed by atoms with van der Waals surface area (Å²) in [5.74, 6) is -8.67. The van der Waals surface area contributed by atoms with Gasteiger partial charge in [-0.3, -0.25) is 62.3 Å². The molecule has 0 radical (unpaired) electrons. The van der Waals surface area contributed by atoms with Gasteiger partial charge in [0.2, 0.25) is 52.8 Å². The van der Waals surface area contributed by atoms with Gasteiger partial charge in [-0.05, 0) is 141 Å². The van der Waals surface area contributed by atoms with Crippen molar-refractivity contribution in [2.24, 2.45) is 46.6 Å². The van der Waals surface area contributed by atoms with Gasteiger partial charge in [0.1, 0.15) is 68.9 Å². The fourth-order valence-electron chi connectivity index (χ4n) is 22.6. The average molecular weight is 1940 g/mol. The monoisotopic (exact) mass is 1940 g/mol. The Bertz CT molecular complexity index is 5430. The first kappa shape index (κ1) is 105. The van der Waals surface area contributed by atoms with Crippen molar-refractivity contribution < 1.29 is 87.5 Å². The molecule has 0 aromatic carbocycles. The number of rotatable bonds is 30. The fourth-order valence-corrected chi connectivity index (χ4v) is 22.6. The summed E-state index contributed by atoms with van der Waals surface area (Å²) < 4.78 is 8.09. The molecule has 16 N–H and O–H groups in total. The molecule has 16 rings (SSSR count). The van der Waals surface area contributed by atoms with Crippen LogP contribution in [0, 0.1) is 23.7 Å². The maximum Gasteiger partial charge on any atom is 0.337 e. The highest BCUT2D eigenvalue weighted by molar-refractivity contribution is 6.40. The Morgan fingerprint density at radius 3 is 1.08 bits per heavy atom. The minimum atomic E-state index is -1.46. The van der Waals surface area contributed by atoms with Crippen LogP contribution in [0.3, 0.4) is 0 Å². The number of primary amides is 3. The molecule has 760 valence electrons. The van der Waals surface area contributed by atoms with E-state index in [2.05, 4.69) is 62.2 Å². The van der Waals surface area contributed by atoms with Crippen LogP contribution in [0.4, 0.5) is 0 Å². The number of hydrogen-bond acceptors (Lipinski definition) is 26. The minimum Gasteiger partial charge on any atom is -0.478 e. The van der Waals surface area contributed by atoms with E-state index in [-0.39, 0.29) is 87.0 Å². The van der Waals surface area contributed by atoms with Gasteiger partial charge in [-0.1, -0.05) is 177 Å². The first-order valence-electron chi connectivity index (χ1n) is 49.9. The lowest BCUT2D eigenvalue weighted by Gasteiger charge is -2.38.